The van der Waals surface area contributed by atoms with E-state index >= 15 is 0 Å². The summed E-state index contributed by atoms with van der Waals surface area (Å²) < 4.78 is 0. The predicted molar refractivity (Wildman–Crippen MR) is 96.5 cm³/mol. The largest absolute Gasteiger partial charge is 0.354 e. The predicted octanol–water partition coefficient (Wildman–Crippen LogP) is 1.59. The van der Waals surface area contributed by atoms with E-state index in [1.54, 1.807) is 0 Å². The van der Waals surface area contributed by atoms with Gasteiger partial charge in [-0.3, -0.25) is 14.4 Å². The van der Waals surface area contributed by atoms with Crippen molar-refractivity contribution < 1.29 is 9.59 Å². The van der Waals surface area contributed by atoms with Crippen LogP contribution in [0.5, 0.6) is 0 Å². The molecule has 6 nitrogen and oxygen atoms in total. The maximum absolute atomic E-state index is 12.2. The Balaban J connectivity index is 1.68. The van der Waals surface area contributed by atoms with Gasteiger partial charge in [-0.05, 0) is 47.9 Å². The maximum Gasteiger partial charge on any atom is 0.251 e. The summed E-state index contributed by atoms with van der Waals surface area (Å²) in [6.07, 6.45) is 1.36. The molecule has 0 spiro atoms. The lowest BCUT2D eigenvalue weighted by Crippen LogP contribution is -2.42. The number of fused-ring (bicyclic) bond motifs is 1. The summed E-state index contributed by atoms with van der Waals surface area (Å²) >= 11 is 0. The van der Waals surface area contributed by atoms with E-state index in [1.807, 2.05) is 18.2 Å². The Kier molecular flexibility index (Phi) is 4.88. The van der Waals surface area contributed by atoms with Gasteiger partial charge in [-0.2, -0.15) is 0 Å². The molecule has 1 saturated heterocycles. The van der Waals surface area contributed by atoms with E-state index < -0.39 is 6.04 Å². The van der Waals surface area contributed by atoms with Crippen LogP contribution in [0.25, 0.3) is 10.9 Å². The molecule has 2 heterocycles. The molecule has 132 valence electrons. The quantitative estimate of drug-likeness (QED) is 0.771. The fourth-order valence-electron chi connectivity index (χ4n) is 3.07. The molecular formula is C19H23N3O3. The fraction of sp³-hybridized carbons (Fsp3) is 0.421. The lowest BCUT2D eigenvalue weighted by Gasteiger charge is -2.11. The Morgan fingerprint density at radius 3 is 2.76 bits per heavy atom. The van der Waals surface area contributed by atoms with Crippen molar-refractivity contribution in [3.05, 3.63) is 45.7 Å². The van der Waals surface area contributed by atoms with E-state index in [4.69, 9.17) is 0 Å². The van der Waals surface area contributed by atoms with E-state index in [0.29, 0.717) is 37.3 Å². The summed E-state index contributed by atoms with van der Waals surface area (Å²) in [5, 5.41) is 6.42. The van der Waals surface area contributed by atoms with Crippen molar-refractivity contribution in [2.24, 2.45) is 0 Å². The smallest absolute Gasteiger partial charge is 0.251 e. The van der Waals surface area contributed by atoms with Gasteiger partial charge >= 0.3 is 0 Å². The number of rotatable bonds is 5. The number of aromatic amines is 1. The van der Waals surface area contributed by atoms with Crippen LogP contribution in [0.2, 0.25) is 0 Å². The molecular weight excluding hydrogens is 318 g/mol. The molecule has 6 heteroatoms. The Labute approximate surface area is 146 Å². The molecule has 3 N–H and O–H groups in total. The first-order valence-corrected chi connectivity index (χ1v) is 8.67. The summed E-state index contributed by atoms with van der Waals surface area (Å²) in [5.74, 6) is 0.137. The van der Waals surface area contributed by atoms with Crippen molar-refractivity contribution in [3.63, 3.8) is 0 Å². The third kappa shape index (κ3) is 3.90. The van der Waals surface area contributed by atoms with Gasteiger partial charge in [0.05, 0.1) is 0 Å². The zero-order valence-electron chi connectivity index (χ0n) is 14.5. The summed E-state index contributed by atoms with van der Waals surface area (Å²) in [6.45, 7) is 4.62. The molecule has 3 rings (SSSR count). The molecule has 0 aliphatic carbocycles. The maximum atomic E-state index is 12.2. The van der Waals surface area contributed by atoms with Gasteiger partial charge in [-0.25, -0.2) is 0 Å². The third-order valence-corrected chi connectivity index (χ3v) is 4.62. The van der Waals surface area contributed by atoms with Crippen LogP contribution in [-0.4, -0.2) is 29.4 Å². The minimum atomic E-state index is -0.448. The van der Waals surface area contributed by atoms with Crippen molar-refractivity contribution in [3.8, 4) is 0 Å². The van der Waals surface area contributed by atoms with Crippen molar-refractivity contribution in [2.45, 2.75) is 45.1 Å². The van der Waals surface area contributed by atoms with Gasteiger partial charge < -0.3 is 15.6 Å². The van der Waals surface area contributed by atoms with Gasteiger partial charge in [0.2, 0.25) is 11.8 Å². The van der Waals surface area contributed by atoms with Crippen LogP contribution >= 0.6 is 0 Å². The van der Waals surface area contributed by atoms with Crippen molar-refractivity contribution in [1.82, 2.24) is 15.6 Å². The second kappa shape index (κ2) is 7.09. The minimum absolute atomic E-state index is 0.0907. The average Bonchev–Trinajstić information content (AvgIpc) is 3.01. The second-order valence-corrected chi connectivity index (χ2v) is 6.82. The third-order valence-electron chi connectivity index (χ3n) is 4.62. The lowest BCUT2D eigenvalue weighted by atomic mass is 10.0. The number of benzene rings is 1. The molecule has 0 bridgehead atoms. The van der Waals surface area contributed by atoms with Gasteiger partial charge in [-0.1, -0.05) is 19.9 Å². The molecule has 2 amide bonds. The minimum Gasteiger partial charge on any atom is -0.354 e. The number of H-pyrrole nitrogens is 1. The van der Waals surface area contributed by atoms with Crippen LogP contribution in [0, 0.1) is 0 Å². The number of carbonyl (C=O) groups is 2. The number of hydrogen-bond acceptors (Lipinski definition) is 3. The molecule has 1 aromatic heterocycles. The Morgan fingerprint density at radius 1 is 1.28 bits per heavy atom. The van der Waals surface area contributed by atoms with Crippen molar-refractivity contribution in [2.75, 3.05) is 6.54 Å². The molecule has 1 unspecified atom stereocenters. The first-order valence-electron chi connectivity index (χ1n) is 8.67. The van der Waals surface area contributed by atoms with Crippen LogP contribution in [0.1, 0.15) is 43.7 Å². The standard InChI is InChI=1S/C19H23N3O3/c1-11(2)12-3-4-15-14(9-12)10-13(18(24)22-15)7-8-20-19(25)16-5-6-17(23)21-16/h3-4,9-11,16H,5-8H2,1-2H3,(H,20,25)(H,21,23)(H,22,24). The summed E-state index contributed by atoms with van der Waals surface area (Å²) in [5.41, 5.74) is 2.55. The highest BCUT2D eigenvalue weighted by Crippen LogP contribution is 2.20. The molecule has 1 aromatic carbocycles. The fourth-order valence-corrected chi connectivity index (χ4v) is 3.07. The highest BCUT2D eigenvalue weighted by Gasteiger charge is 2.26. The first kappa shape index (κ1) is 17.2. The van der Waals surface area contributed by atoms with E-state index in [1.165, 1.54) is 5.56 Å². The van der Waals surface area contributed by atoms with Gasteiger partial charge in [0.15, 0.2) is 0 Å². The number of nitrogens with one attached hydrogen (secondary N) is 3. The van der Waals surface area contributed by atoms with Crippen LogP contribution < -0.4 is 16.2 Å². The van der Waals surface area contributed by atoms with Gasteiger partial charge in [-0.15, -0.1) is 0 Å². The van der Waals surface area contributed by atoms with Gasteiger partial charge in [0.1, 0.15) is 6.04 Å². The zero-order valence-corrected chi connectivity index (χ0v) is 14.5. The van der Waals surface area contributed by atoms with Gasteiger partial charge in [0, 0.05) is 24.0 Å². The first-order chi connectivity index (χ1) is 11.9. The Bertz CT molecular complexity index is 870. The number of carbonyl (C=O) groups excluding carboxylic acids is 2. The van der Waals surface area contributed by atoms with Gasteiger partial charge in [0.25, 0.3) is 5.56 Å². The van der Waals surface area contributed by atoms with Crippen molar-refractivity contribution in [1.29, 1.82) is 0 Å². The molecule has 1 fully saturated rings. The van der Waals surface area contributed by atoms with Crippen LogP contribution in [0.3, 0.4) is 0 Å². The van der Waals surface area contributed by atoms with E-state index in [2.05, 4.69) is 35.5 Å². The summed E-state index contributed by atoms with van der Waals surface area (Å²) in [6, 6.07) is 7.49. The molecule has 25 heavy (non-hydrogen) atoms. The highest BCUT2D eigenvalue weighted by molar-refractivity contribution is 5.90. The molecule has 1 atom stereocenters. The van der Waals surface area contributed by atoms with Crippen LogP contribution in [0.4, 0.5) is 0 Å². The Hall–Kier alpha value is -2.63. The summed E-state index contributed by atoms with van der Waals surface area (Å²) in [7, 11) is 0. The highest BCUT2D eigenvalue weighted by atomic mass is 16.2. The van der Waals surface area contributed by atoms with E-state index in [9.17, 15) is 14.4 Å². The molecule has 2 aromatic rings. The van der Waals surface area contributed by atoms with E-state index in [-0.39, 0.29) is 17.4 Å². The monoisotopic (exact) mass is 341 g/mol. The number of hydrogen-bond donors (Lipinski definition) is 3. The van der Waals surface area contributed by atoms with Crippen molar-refractivity contribution >= 4 is 22.7 Å². The molecule has 0 saturated carbocycles. The number of pyridine rings is 1. The lowest BCUT2D eigenvalue weighted by molar-refractivity contribution is -0.125. The normalized spacial score (nSPS) is 17.1. The van der Waals surface area contributed by atoms with Crippen LogP contribution in [-0.2, 0) is 16.0 Å². The molecule has 1 aliphatic heterocycles. The number of aromatic nitrogens is 1. The molecule has 0 radical (unpaired) electrons. The molecule has 1 aliphatic rings. The van der Waals surface area contributed by atoms with E-state index in [0.717, 1.165) is 10.9 Å². The average molecular weight is 341 g/mol. The topological polar surface area (TPSA) is 91.1 Å². The number of amides is 2. The summed E-state index contributed by atoms with van der Waals surface area (Å²) in [4.78, 5) is 38.2. The SMILES string of the molecule is CC(C)c1ccc2[nH]c(=O)c(CCNC(=O)C3CCC(=O)N3)cc2c1. The zero-order chi connectivity index (χ0) is 18.0. The second-order valence-electron chi connectivity index (χ2n) is 6.82. The van der Waals surface area contributed by atoms with Crippen LogP contribution in [0.15, 0.2) is 29.1 Å². The Morgan fingerprint density at radius 2 is 2.08 bits per heavy atom.